The number of likely N-dealkylation sites (N-methyl/N-ethyl adjacent to an activating group) is 1. The van der Waals surface area contributed by atoms with Crippen molar-refractivity contribution in [2.45, 2.75) is 32.7 Å². The van der Waals surface area contributed by atoms with Gasteiger partial charge in [0.25, 0.3) is 11.9 Å². The zero-order chi connectivity index (χ0) is 18.1. The quantitative estimate of drug-likeness (QED) is 0.794. The average molecular weight is 339 g/mol. The van der Waals surface area contributed by atoms with Gasteiger partial charge < -0.3 is 9.64 Å². The molecule has 3 rings (SSSR count). The van der Waals surface area contributed by atoms with E-state index in [-0.39, 0.29) is 11.9 Å². The minimum Gasteiger partial charge on any atom is -0.420 e. The molecule has 5 heteroatoms. The Hall–Kier alpha value is -2.56. The predicted molar refractivity (Wildman–Crippen MR) is 103 cm³/mol. The van der Waals surface area contributed by atoms with Crippen LogP contribution in [0.2, 0.25) is 0 Å². The molecule has 1 saturated heterocycles. The molecule has 0 spiro atoms. The Balaban J connectivity index is 2.02. The van der Waals surface area contributed by atoms with Crippen molar-refractivity contribution in [3.8, 4) is 0 Å². The summed E-state index contributed by atoms with van der Waals surface area (Å²) in [5.41, 5.74) is 4.70. The van der Waals surface area contributed by atoms with E-state index < -0.39 is 0 Å². The highest BCUT2D eigenvalue weighted by atomic mass is 16.5. The number of aliphatic imine (C=N–C) groups is 1. The third kappa shape index (κ3) is 3.31. The largest absolute Gasteiger partial charge is 0.420 e. The van der Waals surface area contributed by atoms with Crippen LogP contribution in [0.3, 0.4) is 0 Å². The second-order valence-electron chi connectivity index (χ2n) is 6.88. The molecule has 1 aromatic rings. The molecule has 0 bridgehead atoms. The number of fused-ring (bicyclic) bond motifs is 1. The van der Waals surface area contributed by atoms with E-state index in [0.717, 1.165) is 18.4 Å². The number of ether oxygens (including phenoxy) is 1. The van der Waals surface area contributed by atoms with E-state index >= 15 is 0 Å². The Morgan fingerprint density at radius 1 is 1.32 bits per heavy atom. The minimum absolute atomic E-state index is 0.0712. The monoisotopic (exact) mass is 339 g/mol. The Kier molecular flexibility index (Phi) is 4.66. The Morgan fingerprint density at radius 2 is 2.08 bits per heavy atom. The standard InChI is InChI=1S/C20H25N3O2/c1-13(2)21-20-23(5)19(24)18(25-20)12-14-10-11-17(22(3)4)16-9-7-6-8-15(14)16/h7,9-13H,6,8H2,1-5H3/b18-12+,21-20+. The first-order valence-electron chi connectivity index (χ1n) is 8.63. The molecule has 0 unspecified atom stereocenters. The van der Waals surface area contributed by atoms with E-state index in [9.17, 15) is 4.79 Å². The number of carbonyl (C=O) groups is 1. The van der Waals surface area contributed by atoms with Gasteiger partial charge in [0.1, 0.15) is 0 Å². The van der Waals surface area contributed by atoms with E-state index in [1.54, 1.807) is 7.05 Å². The summed E-state index contributed by atoms with van der Waals surface area (Å²) < 4.78 is 5.73. The zero-order valence-corrected chi connectivity index (χ0v) is 15.5. The van der Waals surface area contributed by atoms with Crippen molar-refractivity contribution >= 4 is 29.8 Å². The lowest BCUT2D eigenvalue weighted by atomic mass is 9.90. The number of amides is 1. The number of carbonyl (C=O) groups excluding carboxylic acids is 1. The van der Waals surface area contributed by atoms with Crippen molar-refractivity contribution in [2.75, 3.05) is 26.0 Å². The second-order valence-corrected chi connectivity index (χ2v) is 6.88. The number of hydrogen-bond donors (Lipinski definition) is 0. The van der Waals surface area contributed by atoms with Crippen LogP contribution in [0, 0.1) is 0 Å². The van der Waals surface area contributed by atoms with E-state index in [4.69, 9.17) is 4.74 Å². The molecule has 1 amide bonds. The molecule has 1 aliphatic heterocycles. The average Bonchev–Trinajstić information content (AvgIpc) is 2.82. The Morgan fingerprint density at radius 3 is 2.76 bits per heavy atom. The summed E-state index contributed by atoms with van der Waals surface area (Å²) in [6, 6.07) is 4.59. The number of benzene rings is 1. The van der Waals surface area contributed by atoms with Gasteiger partial charge in [-0.05, 0) is 50.0 Å². The van der Waals surface area contributed by atoms with E-state index in [0.29, 0.717) is 11.8 Å². The molecule has 5 nitrogen and oxygen atoms in total. The van der Waals surface area contributed by atoms with Crippen molar-refractivity contribution in [1.29, 1.82) is 0 Å². The number of rotatable bonds is 3. The van der Waals surface area contributed by atoms with Crippen molar-refractivity contribution in [1.82, 2.24) is 4.90 Å². The molecule has 1 aromatic carbocycles. The molecule has 25 heavy (non-hydrogen) atoms. The lowest BCUT2D eigenvalue weighted by Gasteiger charge is -2.22. The van der Waals surface area contributed by atoms with Crippen LogP contribution in [0.25, 0.3) is 12.2 Å². The third-order valence-corrected chi connectivity index (χ3v) is 4.36. The molecule has 0 aromatic heterocycles. The topological polar surface area (TPSA) is 45.1 Å². The fraction of sp³-hybridized carbons (Fsp3) is 0.400. The Labute approximate surface area is 149 Å². The summed E-state index contributed by atoms with van der Waals surface area (Å²) in [5.74, 6) is 0.174. The van der Waals surface area contributed by atoms with E-state index in [1.807, 2.05) is 34.0 Å². The molecule has 0 N–H and O–H groups in total. The molecule has 1 fully saturated rings. The third-order valence-electron chi connectivity index (χ3n) is 4.36. The first kappa shape index (κ1) is 17.3. The van der Waals surface area contributed by atoms with Crippen LogP contribution < -0.4 is 4.90 Å². The van der Waals surface area contributed by atoms with Crippen LogP contribution in [-0.4, -0.2) is 44.0 Å². The van der Waals surface area contributed by atoms with Gasteiger partial charge in [-0.3, -0.25) is 9.69 Å². The van der Waals surface area contributed by atoms with Crippen molar-refractivity contribution in [2.24, 2.45) is 4.99 Å². The van der Waals surface area contributed by atoms with E-state index in [1.165, 1.54) is 21.7 Å². The van der Waals surface area contributed by atoms with Crippen LogP contribution in [-0.2, 0) is 16.0 Å². The summed E-state index contributed by atoms with van der Waals surface area (Å²) in [7, 11) is 5.78. The molecule has 132 valence electrons. The number of allylic oxidation sites excluding steroid dienone is 1. The van der Waals surface area contributed by atoms with Gasteiger partial charge in [-0.25, -0.2) is 4.99 Å². The molecule has 0 radical (unpaired) electrons. The summed E-state index contributed by atoms with van der Waals surface area (Å²) in [6.07, 6.45) is 8.19. The smallest absolute Gasteiger partial charge is 0.300 e. The number of anilines is 1. The van der Waals surface area contributed by atoms with Crippen molar-refractivity contribution in [3.05, 3.63) is 40.7 Å². The second kappa shape index (κ2) is 6.75. The minimum atomic E-state index is -0.156. The highest BCUT2D eigenvalue weighted by Crippen LogP contribution is 2.33. The van der Waals surface area contributed by atoms with Gasteiger partial charge >= 0.3 is 0 Å². The van der Waals surface area contributed by atoms with Crippen LogP contribution in [0.15, 0.2) is 29.0 Å². The lowest BCUT2D eigenvalue weighted by Crippen LogP contribution is -2.25. The maximum absolute atomic E-state index is 12.5. The van der Waals surface area contributed by atoms with Crippen LogP contribution in [0.5, 0.6) is 0 Å². The summed E-state index contributed by atoms with van der Waals surface area (Å²) in [5, 5.41) is 0. The molecular formula is C20H25N3O2. The van der Waals surface area contributed by atoms with Gasteiger partial charge in [-0.15, -0.1) is 0 Å². The molecule has 0 saturated carbocycles. The van der Waals surface area contributed by atoms with Gasteiger partial charge in [0.15, 0.2) is 5.76 Å². The van der Waals surface area contributed by atoms with Crippen molar-refractivity contribution < 1.29 is 9.53 Å². The molecular weight excluding hydrogens is 314 g/mol. The van der Waals surface area contributed by atoms with Crippen LogP contribution >= 0.6 is 0 Å². The Bertz CT molecular complexity index is 788. The molecule has 0 atom stereocenters. The number of hydrogen-bond acceptors (Lipinski definition) is 4. The first-order valence-corrected chi connectivity index (χ1v) is 8.63. The van der Waals surface area contributed by atoms with Crippen molar-refractivity contribution in [3.63, 3.8) is 0 Å². The molecule has 1 heterocycles. The summed E-state index contributed by atoms with van der Waals surface area (Å²) in [4.78, 5) is 20.4. The highest BCUT2D eigenvalue weighted by molar-refractivity contribution is 6.11. The van der Waals surface area contributed by atoms with Gasteiger partial charge in [0.2, 0.25) is 0 Å². The predicted octanol–water partition coefficient (Wildman–Crippen LogP) is 3.31. The molecule has 2 aliphatic rings. The summed E-state index contributed by atoms with van der Waals surface area (Å²) >= 11 is 0. The normalized spacial score (nSPS) is 19.8. The van der Waals surface area contributed by atoms with Crippen LogP contribution in [0.4, 0.5) is 5.69 Å². The van der Waals surface area contributed by atoms with Gasteiger partial charge in [0.05, 0.1) is 0 Å². The maximum Gasteiger partial charge on any atom is 0.300 e. The summed E-state index contributed by atoms with van der Waals surface area (Å²) in [6.45, 7) is 3.91. The molecule has 1 aliphatic carbocycles. The van der Waals surface area contributed by atoms with E-state index in [2.05, 4.69) is 34.2 Å². The first-order chi connectivity index (χ1) is 11.9. The van der Waals surface area contributed by atoms with Gasteiger partial charge in [-0.2, -0.15) is 0 Å². The lowest BCUT2D eigenvalue weighted by molar-refractivity contribution is -0.122. The fourth-order valence-corrected chi connectivity index (χ4v) is 3.12. The highest BCUT2D eigenvalue weighted by Gasteiger charge is 2.32. The SMILES string of the molecule is CC(C)/N=C1/O/C(=C/c2ccc(N(C)C)c3c2CCC=C3)C(=O)N1C. The zero-order valence-electron chi connectivity index (χ0n) is 15.5. The fourth-order valence-electron chi connectivity index (χ4n) is 3.12. The van der Waals surface area contributed by atoms with Gasteiger partial charge in [-0.1, -0.05) is 18.2 Å². The van der Waals surface area contributed by atoms with Gasteiger partial charge in [0, 0.05) is 38.4 Å². The number of nitrogens with zero attached hydrogens (tertiary/aromatic N) is 3. The number of amidine groups is 1. The van der Waals surface area contributed by atoms with Crippen LogP contribution in [0.1, 0.15) is 37.0 Å². The maximum atomic E-state index is 12.5.